The Bertz CT molecular complexity index is 352. The number of hydrogen-bond acceptors (Lipinski definition) is 3. The van der Waals surface area contributed by atoms with Gasteiger partial charge in [0.25, 0.3) is 0 Å². The van der Waals surface area contributed by atoms with Gasteiger partial charge in [-0.15, -0.1) is 0 Å². The van der Waals surface area contributed by atoms with Gasteiger partial charge >= 0.3 is 0 Å². The molecule has 94 valence electrons. The molecule has 0 heterocycles. The first-order valence-electron chi connectivity index (χ1n) is 5.78. The van der Waals surface area contributed by atoms with E-state index in [0.717, 1.165) is 5.56 Å². The number of nitrogens with two attached hydrogens (primary N) is 1. The van der Waals surface area contributed by atoms with Crippen molar-refractivity contribution in [1.29, 1.82) is 0 Å². The van der Waals surface area contributed by atoms with E-state index in [9.17, 15) is 4.79 Å². The van der Waals surface area contributed by atoms with Crippen LogP contribution < -0.4 is 11.1 Å². The number of carbonyl (C=O) groups is 1. The Labute approximate surface area is 102 Å². The van der Waals surface area contributed by atoms with Crippen molar-refractivity contribution in [2.75, 3.05) is 6.61 Å². The molecule has 0 saturated heterocycles. The van der Waals surface area contributed by atoms with Crippen molar-refractivity contribution in [3.8, 4) is 0 Å². The summed E-state index contributed by atoms with van der Waals surface area (Å²) in [4.78, 5) is 11.9. The second-order valence-electron chi connectivity index (χ2n) is 4.43. The lowest BCUT2D eigenvalue weighted by atomic mass is 10.0. The van der Waals surface area contributed by atoms with Gasteiger partial charge in [-0.25, -0.2) is 0 Å². The fraction of sp³-hybridized carbons (Fsp3) is 0.462. The Morgan fingerprint density at radius 2 is 1.94 bits per heavy atom. The summed E-state index contributed by atoms with van der Waals surface area (Å²) in [6.45, 7) is 3.80. The van der Waals surface area contributed by atoms with Crippen LogP contribution in [0.25, 0.3) is 0 Å². The molecule has 1 unspecified atom stereocenters. The summed E-state index contributed by atoms with van der Waals surface area (Å²) < 4.78 is 0. The minimum absolute atomic E-state index is 0.0785. The molecule has 0 aromatic heterocycles. The maximum absolute atomic E-state index is 11.9. The van der Waals surface area contributed by atoms with E-state index in [1.165, 1.54) is 0 Å². The highest BCUT2D eigenvalue weighted by molar-refractivity contribution is 5.83. The van der Waals surface area contributed by atoms with Crippen molar-refractivity contribution in [2.24, 2.45) is 11.7 Å². The number of aliphatic hydroxyl groups is 1. The summed E-state index contributed by atoms with van der Waals surface area (Å²) in [7, 11) is 0. The highest BCUT2D eigenvalue weighted by Gasteiger charge is 2.20. The van der Waals surface area contributed by atoms with Crippen LogP contribution in [0.3, 0.4) is 0 Å². The maximum Gasteiger partial charge on any atom is 0.241 e. The van der Waals surface area contributed by atoms with Crippen molar-refractivity contribution in [3.63, 3.8) is 0 Å². The lowest BCUT2D eigenvalue weighted by Crippen LogP contribution is -2.45. The fourth-order valence-corrected chi connectivity index (χ4v) is 1.51. The van der Waals surface area contributed by atoms with Gasteiger partial charge in [-0.1, -0.05) is 44.2 Å². The molecule has 4 heteroatoms. The quantitative estimate of drug-likeness (QED) is 0.708. The predicted octanol–water partition coefficient (Wildman–Crippen LogP) is 0.819. The van der Waals surface area contributed by atoms with Crippen molar-refractivity contribution in [1.82, 2.24) is 5.32 Å². The first-order chi connectivity index (χ1) is 8.06. The van der Waals surface area contributed by atoms with Gasteiger partial charge in [-0.2, -0.15) is 0 Å². The molecule has 4 N–H and O–H groups in total. The Balaban J connectivity index is 2.64. The fourth-order valence-electron chi connectivity index (χ4n) is 1.51. The van der Waals surface area contributed by atoms with Gasteiger partial charge in [0.15, 0.2) is 0 Å². The lowest BCUT2D eigenvalue weighted by Gasteiger charge is -2.22. The summed E-state index contributed by atoms with van der Waals surface area (Å²) in [6.07, 6.45) is 0. The third kappa shape index (κ3) is 3.84. The van der Waals surface area contributed by atoms with Crippen molar-refractivity contribution in [2.45, 2.75) is 25.9 Å². The predicted molar refractivity (Wildman–Crippen MR) is 67.2 cm³/mol. The van der Waals surface area contributed by atoms with Crippen LogP contribution >= 0.6 is 0 Å². The van der Waals surface area contributed by atoms with E-state index in [4.69, 9.17) is 10.8 Å². The van der Waals surface area contributed by atoms with E-state index in [0.29, 0.717) is 0 Å². The highest BCUT2D eigenvalue weighted by atomic mass is 16.3. The number of aliphatic hydroxyl groups excluding tert-OH is 1. The van der Waals surface area contributed by atoms with Crippen molar-refractivity contribution >= 4 is 5.91 Å². The SMILES string of the molecule is CC(C)C(CO)NC(=O)[C@H](N)c1ccccc1. The molecule has 2 atom stereocenters. The van der Waals surface area contributed by atoms with Crippen LogP contribution in [-0.2, 0) is 4.79 Å². The molecule has 0 fully saturated rings. The molecule has 0 aliphatic heterocycles. The van der Waals surface area contributed by atoms with E-state index in [-0.39, 0.29) is 24.5 Å². The Morgan fingerprint density at radius 3 is 2.41 bits per heavy atom. The second-order valence-corrected chi connectivity index (χ2v) is 4.43. The Morgan fingerprint density at radius 1 is 1.35 bits per heavy atom. The number of rotatable bonds is 5. The van der Waals surface area contributed by atoms with Gasteiger partial charge in [0.1, 0.15) is 6.04 Å². The molecular weight excluding hydrogens is 216 g/mol. The zero-order valence-electron chi connectivity index (χ0n) is 10.3. The first-order valence-corrected chi connectivity index (χ1v) is 5.78. The molecular formula is C13H20N2O2. The van der Waals surface area contributed by atoms with E-state index in [2.05, 4.69) is 5.32 Å². The molecule has 0 saturated carbocycles. The summed E-state index contributed by atoms with van der Waals surface area (Å²) in [5, 5.41) is 11.9. The van der Waals surface area contributed by atoms with E-state index in [1.54, 1.807) is 0 Å². The van der Waals surface area contributed by atoms with E-state index in [1.807, 2.05) is 44.2 Å². The molecule has 0 aliphatic carbocycles. The van der Waals surface area contributed by atoms with Gasteiger partial charge in [-0.05, 0) is 11.5 Å². The largest absolute Gasteiger partial charge is 0.394 e. The molecule has 1 aromatic rings. The summed E-state index contributed by atoms with van der Waals surface area (Å²) in [5.41, 5.74) is 6.62. The molecule has 17 heavy (non-hydrogen) atoms. The monoisotopic (exact) mass is 236 g/mol. The molecule has 1 amide bonds. The standard InChI is InChI=1S/C13H20N2O2/c1-9(2)11(8-16)15-13(17)12(14)10-6-4-3-5-7-10/h3-7,9,11-12,16H,8,14H2,1-2H3,(H,15,17)/t11?,12-/m1/s1. The van der Waals surface area contributed by atoms with Gasteiger partial charge in [0.2, 0.25) is 5.91 Å². The van der Waals surface area contributed by atoms with Crippen molar-refractivity contribution in [3.05, 3.63) is 35.9 Å². The average Bonchev–Trinajstić information content (AvgIpc) is 2.35. The number of hydrogen-bond donors (Lipinski definition) is 3. The second kappa shape index (κ2) is 6.37. The zero-order chi connectivity index (χ0) is 12.8. The summed E-state index contributed by atoms with van der Waals surface area (Å²) in [6, 6.07) is 8.24. The number of amides is 1. The minimum atomic E-state index is -0.691. The normalized spacial score (nSPS) is 14.4. The van der Waals surface area contributed by atoms with Crippen LogP contribution in [0.2, 0.25) is 0 Å². The summed E-state index contributed by atoms with van der Waals surface area (Å²) in [5.74, 6) is -0.0872. The Hall–Kier alpha value is -1.39. The third-order valence-corrected chi connectivity index (χ3v) is 2.77. The van der Waals surface area contributed by atoms with Crippen LogP contribution in [0.5, 0.6) is 0 Å². The maximum atomic E-state index is 11.9. The first kappa shape index (κ1) is 13.7. The van der Waals surface area contributed by atoms with E-state index < -0.39 is 6.04 Å². The van der Waals surface area contributed by atoms with Crippen LogP contribution in [-0.4, -0.2) is 23.7 Å². The smallest absolute Gasteiger partial charge is 0.241 e. The molecule has 0 aliphatic rings. The molecule has 1 rings (SSSR count). The number of benzene rings is 1. The lowest BCUT2D eigenvalue weighted by molar-refractivity contribution is -0.123. The zero-order valence-corrected chi connectivity index (χ0v) is 10.3. The number of carbonyl (C=O) groups excluding carboxylic acids is 1. The van der Waals surface area contributed by atoms with Crippen LogP contribution in [0, 0.1) is 5.92 Å². The van der Waals surface area contributed by atoms with Crippen molar-refractivity contribution < 1.29 is 9.90 Å². The number of nitrogens with one attached hydrogen (secondary N) is 1. The topological polar surface area (TPSA) is 75.3 Å². The van der Waals surface area contributed by atoms with Crippen LogP contribution in [0.4, 0.5) is 0 Å². The van der Waals surface area contributed by atoms with Gasteiger partial charge < -0.3 is 16.2 Å². The average molecular weight is 236 g/mol. The minimum Gasteiger partial charge on any atom is -0.394 e. The molecule has 0 spiro atoms. The molecule has 1 aromatic carbocycles. The van der Waals surface area contributed by atoms with Gasteiger partial charge in [-0.3, -0.25) is 4.79 Å². The van der Waals surface area contributed by atoms with Gasteiger partial charge in [0, 0.05) is 0 Å². The third-order valence-electron chi connectivity index (χ3n) is 2.77. The van der Waals surface area contributed by atoms with Crippen LogP contribution in [0.15, 0.2) is 30.3 Å². The molecule has 4 nitrogen and oxygen atoms in total. The van der Waals surface area contributed by atoms with Gasteiger partial charge in [0.05, 0.1) is 12.6 Å². The summed E-state index contributed by atoms with van der Waals surface area (Å²) >= 11 is 0. The molecule has 0 bridgehead atoms. The Kier molecular flexibility index (Phi) is 5.12. The molecule has 0 radical (unpaired) electrons. The highest BCUT2D eigenvalue weighted by Crippen LogP contribution is 2.10. The van der Waals surface area contributed by atoms with Crippen LogP contribution in [0.1, 0.15) is 25.5 Å². The van der Waals surface area contributed by atoms with E-state index >= 15 is 0 Å².